The molecule has 3 heteroatoms. The Bertz CT molecular complexity index is 490. The first-order chi connectivity index (χ1) is 9.13. The molecule has 0 saturated heterocycles. The maximum absolute atomic E-state index is 11.0. The van der Waals surface area contributed by atoms with E-state index in [0.717, 1.165) is 19.0 Å². The summed E-state index contributed by atoms with van der Waals surface area (Å²) in [6.07, 6.45) is 5.25. The molecule has 0 bridgehead atoms. The van der Waals surface area contributed by atoms with Gasteiger partial charge in [-0.05, 0) is 54.9 Å². The van der Waals surface area contributed by atoms with Gasteiger partial charge in [0.25, 0.3) is 0 Å². The van der Waals surface area contributed by atoms with E-state index in [1.807, 2.05) is 12.1 Å². The number of rotatable bonds is 2. The van der Waals surface area contributed by atoms with Gasteiger partial charge in [-0.15, -0.1) is 0 Å². The van der Waals surface area contributed by atoms with Crippen molar-refractivity contribution in [3.8, 4) is 0 Å². The standard InChI is InChI=1S/C16H21NO2/c1-11-2-6-15(7-3-11)17-9-13-5-4-12(16(18)19)8-14(13)10-17/h4-5,8,11,15H,2-3,6-7,9-10H2,1H3,(H,18,19). The van der Waals surface area contributed by atoms with Crippen molar-refractivity contribution in [2.24, 2.45) is 5.92 Å². The van der Waals surface area contributed by atoms with Crippen LogP contribution in [0.1, 0.15) is 54.1 Å². The molecule has 0 radical (unpaired) electrons. The van der Waals surface area contributed by atoms with Crippen LogP contribution in [0, 0.1) is 5.92 Å². The second-order valence-corrected chi connectivity index (χ2v) is 6.11. The van der Waals surface area contributed by atoms with Crippen molar-refractivity contribution in [1.29, 1.82) is 0 Å². The van der Waals surface area contributed by atoms with Crippen LogP contribution < -0.4 is 0 Å². The first-order valence-corrected chi connectivity index (χ1v) is 7.22. The summed E-state index contributed by atoms with van der Waals surface area (Å²) in [5.41, 5.74) is 2.93. The van der Waals surface area contributed by atoms with Gasteiger partial charge in [0.2, 0.25) is 0 Å². The van der Waals surface area contributed by atoms with Crippen LogP contribution in [0.3, 0.4) is 0 Å². The largest absolute Gasteiger partial charge is 0.478 e. The minimum absolute atomic E-state index is 0.415. The average Bonchev–Trinajstić information content (AvgIpc) is 2.82. The molecule has 1 aliphatic carbocycles. The van der Waals surface area contributed by atoms with E-state index in [9.17, 15) is 4.79 Å². The second kappa shape index (κ2) is 4.97. The molecular formula is C16H21NO2. The zero-order valence-corrected chi connectivity index (χ0v) is 11.4. The van der Waals surface area contributed by atoms with Gasteiger partial charge < -0.3 is 5.11 Å². The summed E-state index contributed by atoms with van der Waals surface area (Å²) in [5.74, 6) is 0.0487. The molecule has 0 amide bonds. The molecule has 3 nitrogen and oxygen atoms in total. The molecule has 102 valence electrons. The number of hydrogen-bond donors (Lipinski definition) is 1. The summed E-state index contributed by atoms with van der Waals surface area (Å²) in [7, 11) is 0. The van der Waals surface area contributed by atoms with Gasteiger partial charge in [0.05, 0.1) is 5.56 Å². The van der Waals surface area contributed by atoms with E-state index < -0.39 is 5.97 Å². The smallest absolute Gasteiger partial charge is 0.335 e. The third-order valence-electron chi connectivity index (χ3n) is 4.70. The Hall–Kier alpha value is -1.35. The molecule has 0 aromatic heterocycles. The fourth-order valence-electron chi connectivity index (χ4n) is 3.42. The summed E-state index contributed by atoms with van der Waals surface area (Å²) in [5, 5.41) is 9.05. The van der Waals surface area contributed by atoms with Gasteiger partial charge in [0.15, 0.2) is 0 Å². The molecule has 0 unspecified atom stereocenters. The first kappa shape index (κ1) is 12.7. The van der Waals surface area contributed by atoms with Crippen LogP contribution in [0.15, 0.2) is 18.2 Å². The summed E-state index contributed by atoms with van der Waals surface area (Å²) < 4.78 is 0. The van der Waals surface area contributed by atoms with Crippen molar-refractivity contribution in [2.75, 3.05) is 0 Å². The quantitative estimate of drug-likeness (QED) is 0.886. The summed E-state index contributed by atoms with van der Waals surface area (Å²) in [4.78, 5) is 13.5. The molecule has 1 heterocycles. The summed E-state index contributed by atoms with van der Waals surface area (Å²) >= 11 is 0. The van der Waals surface area contributed by atoms with Crippen LogP contribution in [0.5, 0.6) is 0 Å². The van der Waals surface area contributed by atoms with Crippen molar-refractivity contribution in [1.82, 2.24) is 4.90 Å². The number of benzene rings is 1. The fraction of sp³-hybridized carbons (Fsp3) is 0.562. The Morgan fingerprint density at radius 2 is 1.84 bits per heavy atom. The second-order valence-electron chi connectivity index (χ2n) is 6.11. The van der Waals surface area contributed by atoms with Gasteiger partial charge in [-0.1, -0.05) is 13.0 Å². The average molecular weight is 259 g/mol. The van der Waals surface area contributed by atoms with Crippen molar-refractivity contribution in [3.63, 3.8) is 0 Å². The number of nitrogens with zero attached hydrogens (tertiary/aromatic N) is 1. The first-order valence-electron chi connectivity index (χ1n) is 7.22. The Morgan fingerprint density at radius 3 is 2.53 bits per heavy atom. The normalized spacial score (nSPS) is 27.2. The lowest BCUT2D eigenvalue weighted by atomic mass is 9.87. The molecule has 1 aromatic carbocycles. The lowest BCUT2D eigenvalue weighted by Gasteiger charge is -2.33. The van der Waals surface area contributed by atoms with Crippen molar-refractivity contribution < 1.29 is 9.90 Å². The van der Waals surface area contributed by atoms with E-state index in [-0.39, 0.29) is 0 Å². The highest BCUT2D eigenvalue weighted by molar-refractivity contribution is 5.87. The predicted molar refractivity (Wildman–Crippen MR) is 74.1 cm³/mol. The predicted octanol–water partition coefficient (Wildman–Crippen LogP) is 3.28. The number of carbonyl (C=O) groups is 1. The van der Waals surface area contributed by atoms with Crippen LogP contribution in [0.4, 0.5) is 0 Å². The molecule has 0 atom stereocenters. The van der Waals surface area contributed by atoms with Gasteiger partial charge in [0, 0.05) is 19.1 Å². The highest BCUT2D eigenvalue weighted by Crippen LogP contribution is 2.33. The number of hydrogen-bond acceptors (Lipinski definition) is 2. The summed E-state index contributed by atoms with van der Waals surface area (Å²) in [6.45, 7) is 4.26. The third-order valence-corrected chi connectivity index (χ3v) is 4.70. The minimum Gasteiger partial charge on any atom is -0.478 e. The molecule has 1 N–H and O–H groups in total. The number of fused-ring (bicyclic) bond motifs is 1. The van der Waals surface area contributed by atoms with Crippen molar-refractivity contribution in [3.05, 3.63) is 34.9 Å². The number of carboxylic acids is 1. The summed E-state index contributed by atoms with van der Waals surface area (Å²) in [6, 6.07) is 6.26. The van der Waals surface area contributed by atoms with E-state index in [0.29, 0.717) is 11.6 Å². The van der Waals surface area contributed by atoms with Crippen LogP contribution in [0.2, 0.25) is 0 Å². The zero-order valence-electron chi connectivity index (χ0n) is 11.4. The van der Waals surface area contributed by atoms with Gasteiger partial charge in [-0.3, -0.25) is 4.90 Å². The molecule has 3 rings (SSSR count). The Labute approximate surface area is 114 Å². The molecule has 2 aliphatic rings. The number of aromatic carboxylic acids is 1. The van der Waals surface area contributed by atoms with E-state index in [4.69, 9.17) is 5.11 Å². The molecule has 0 spiro atoms. The molecule has 1 aromatic rings. The highest BCUT2D eigenvalue weighted by atomic mass is 16.4. The van der Waals surface area contributed by atoms with Gasteiger partial charge >= 0.3 is 5.97 Å². The molecule has 1 aliphatic heterocycles. The van der Waals surface area contributed by atoms with E-state index >= 15 is 0 Å². The maximum Gasteiger partial charge on any atom is 0.335 e. The molecular weight excluding hydrogens is 238 g/mol. The van der Waals surface area contributed by atoms with Crippen molar-refractivity contribution >= 4 is 5.97 Å². The molecule has 19 heavy (non-hydrogen) atoms. The minimum atomic E-state index is -0.826. The highest BCUT2D eigenvalue weighted by Gasteiger charge is 2.28. The van der Waals surface area contributed by atoms with Gasteiger partial charge in [-0.25, -0.2) is 4.79 Å². The van der Waals surface area contributed by atoms with E-state index in [2.05, 4.69) is 11.8 Å². The fourth-order valence-corrected chi connectivity index (χ4v) is 3.42. The number of carboxylic acid groups (broad SMARTS) is 1. The van der Waals surface area contributed by atoms with Crippen LogP contribution in [0.25, 0.3) is 0 Å². The van der Waals surface area contributed by atoms with E-state index in [1.54, 1.807) is 6.07 Å². The Kier molecular flexibility index (Phi) is 3.31. The topological polar surface area (TPSA) is 40.5 Å². The molecule has 1 saturated carbocycles. The van der Waals surface area contributed by atoms with Gasteiger partial charge in [0.1, 0.15) is 0 Å². The Balaban J connectivity index is 1.71. The van der Waals surface area contributed by atoms with Crippen molar-refractivity contribution in [2.45, 2.75) is 51.7 Å². The Morgan fingerprint density at radius 1 is 1.16 bits per heavy atom. The van der Waals surface area contributed by atoms with Crippen LogP contribution >= 0.6 is 0 Å². The lowest BCUT2D eigenvalue weighted by Crippen LogP contribution is -2.33. The SMILES string of the molecule is CC1CCC(N2Cc3ccc(C(=O)O)cc3C2)CC1. The molecule has 1 fully saturated rings. The van der Waals surface area contributed by atoms with E-state index in [1.165, 1.54) is 36.8 Å². The zero-order chi connectivity index (χ0) is 13.4. The maximum atomic E-state index is 11.0. The van der Waals surface area contributed by atoms with Gasteiger partial charge in [-0.2, -0.15) is 0 Å². The van der Waals surface area contributed by atoms with Crippen LogP contribution in [-0.4, -0.2) is 22.0 Å². The monoisotopic (exact) mass is 259 g/mol. The van der Waals surface area contributed by atoms with Crippen LogP contribution in [-0.2, 0) is 13.1 Å². The third kappa shape index (κ3) is 2.52. The lowest BCUT2D eigenvalue weighted by molar-refractivity contribution is 0.0696.